The minimum Gasteiger partial charge on any atom is -0.710 e. The first-order chi connectivity index (χ1) is 9.00. The van der Waals surface area contributed by atoms with Gasteiger partial charge in [-0.2, -0.15) is 13.2 Å². The van der Waals surface area contributed by atoms with Gasteiger partial charge in [-0.1, -0.05) is 24.3 Å². The molecule has 0 aliphatic carbocycles. The summed E-state index contributed by atoms with van der Waals surface area (Å²) in [5.41, 5.74) is 0.668. The predicted molar refractivity (Wildman–Crippen MR) is 63.8 cm³/mol. The maximum Gasteiger partial charge on any atom is 1.00 e. The third kappa shape index (κ3) is 4.51. The third-order valence-corrected chi connectivity index (χ3v) is 3.02. The molecule has 100 valence electrons. The van der Waals surface area contributed by atoms with E-state index in [0.29, 0.717) is 22.5 Å². The average molecular weight is 308 g/mol. The van der Waals surface area contributed by atoms with E-state index in [-0.39, 0.29) is 29.6 Å². The van der Waals surface area contributed by atoms with Crippen LogP contribution in [0.4, 0.5) is 13.2 Å². The quantitative estimate of drug-likeness (QED) is 0.362. The standard InChI is InChI=1S/C13H9F3O2S.Na/c14-13(15,16)11-6-4-9(5-7-11)10-2-1-3-12(8-10)19-18-17;/h1-8,17H;/q;+1/p-1. The maximum atomic E-state index is 12.4. The van der Waals surface area contributed by atoms with Crippen LogP contribution in [0.3, 0.4) is 0 Å². The van der Waals surface area contributed by atoms with E-state index in [1.165, 1.54) is 12.1 Å². The predicted octanol–water partition coefficient (Wildman–Crippen LogP) is 0.675. The molecule has 0 atom stereocenters. The van der Waals surface area contributed by atoms with Gasteiger partial charge in [-0.3, -0.25) is 0 Å². The molecule has 0 aliphatic heterocycles. The van der Waals surface area contributed by atoms with Gasteiger partial charge in [0, 0.05) is 16.9 Å². The molecule has 2 rings (SSSR count). The fraction of sp³-hybridized carbons (Fsp3) is 0.0769. The summed E-state index contributed by atoms with van der Waals surface area (Å²) in [6.07, 6.45) is -4.34. The fourth-order valence-electron chi connectivity index (χ4n) is 1.62. The van der Waals surface area contributed by atoms with Gasteiger partial charge in [-0.05, 0) is 35.4 Å². The zero-order valence-electron chi connectivity index (χ0n) is 10.5. The number of halogens is 3. The van der Waals surface area contributed by atoms with Gasteiger partial charge < -0.3 is 9.59 Å². The van der Waals surface area contributed by atoms with Crippen LogP contribution in [0, 0.1) is 0 Å². The fourth-order valence-corrected chi connectivity index (χ4v) is 2.01. The van der Waals surface area contributed by atoms with Crippen LogP contribution in [-0.2, 0) is 10.5 Å². The summed E-state index contributed by atoms with van der Waals surface area (Å²) in [5, 5.41) is 10.0. The van der Waals surface area contributed by atoms with Crippen molar-refractivity contribution in [3.8, 4) is 11.1 Å². The number of hydrogen-bond acceptors (Lipinski definition) is 3. The molecular formula is C13H8F3NaO2S. The first-order valence-corrected chi connectivity index (χ1v) is 5.99. The van der Waals surface area contributed by atoms with E-state index in [1.54, 1.807) is 24.3 Å². The minimum atomic E-state index is -4.34. The van der Waals surface area contributed by atoms with Crippen LogP contribution >= 0.6 is 12.0 Å². The van der Waals surface area contributed by atoms with Crippen LogP contribution in [0.25, 0.3) is 11.1 Å². The third-order valence-electron chi connectivity index (χ3n) is 2.51. The van der Waals surface area contributed by atoms with E-state index >= 15 is 0 Å². The molecule has 7 heteroatoms. The number of benzene rings is 2. The van der Waals surface area contributed by atoms with Crippen LogP contribution in [-0.4, -0.2) is 0 Å². The van der Waals surface area contributed by atoms with E-state index in [2.05, 4.69) is 4.33 Å². The zero-order valence-corrected chi connectivity index (χ0v) is 13.3. The van der Waals surface area contributed by atoms with Gasteiger partial charge in [0.2, 0.25) is 0 Å². The van der Waals surface area contributed by atoms with Crippen molar-refractivity contribution in [2.45, 2.75) is 11.1 Å². The van der Waals surface area contributed by atoms with Crippen molar-refractivity contribution in [1.82, 2.24) is 0 Å². The van der Waals surface area contributed by atoms with Gasteiger partial charge in [0.1, 0.15) is 0 Å². The summed E-state index contributed by atoms with van der Waals surface area (Å²) in [6.45, 7) is 0. The van der Waals surface area contributed by atoms with Gasteiger partial charge in [0.25, 0.3) is 0 Å². The van der Waals surface area contributed by atoms with Crippen molar-refractivity contribution >= 4 is 12.0 Å². The van der Waals surface area contributed by atoms with Crippen LogP contribution in [0.2, 0.25) is 0 Å². The van der Waals surface area contributed by atoms with Crippen LogP contribution in [0.5, 0.6) is 0 Å². The molecule has 0 saturated carbocycles. The first-order valence-electron chi connectivity index (χ1n) is 5.25. The Morgan fingerprint density at radius 1 is 0.950 bits per heavy atom. The molecule has 0 aromatic heterocycles. The maximum absolute atomic E-state index is 12.4. The average Bonchev–Trinajstić information content (AvgIpc) is 2.39. The van der Waals surface area contributed by atoms with Crippen LogP contribution in [0.15, 0.2) is 53.4 Å². The van der Waals surface area contributed by atoms with E-state index in [4.69, 9.17) is 0 Å². The summed E-state index contributed by atoms with van der Waals surface area (Å²) in [4.78, 5) is 0.590. The molecule has 0 unspecified atom stereocenters. The van der Waals surface area contributed by atoms with E-state index < -0.39 is 11.7 Å². The molecule has 0 amide bonds. The molecule has 0 N–H and O–H groups in total. The minimum absolute atomic E-state index is 0. The second kappa shape index (κ2) is 7.49. The SMILES string of the molecule is [Na+].[O-]OSc1cccc(-c2ccc(C(F)(F)F)cc2)c1. The van der Waals surface area contributed by atoms with Crippen molar-refractivity contribution in [2.75, 3.05) is 0 Å². The van der Waals surface area contributed by atoms with Crippen LogP contribution in [0.1, 0.15) is 5.56 Å². The second-order valence-corrected chi connectivity index (χ2v) is 4.53. The van der Waals surface area contributed by atoms with E-state index in [0.717, 1.165) is 17.7 Å². The molecule has 2 aromatic carbocycles. The van der Waals surface area contributed by atoms with Gasteiger partial charge in [0.15, 0.2) is 0 Å². The Kier molecular flexibility index (Phi) is 6.57. The summed E-state index contributed by atoms with van der Waals surface area (Å²) in [5.74, 6) is 0. The molecule has 0 spiro atoms. The summed E-state index contributed by atoms with van der Waals surface area (Å²) >= 11 is 0.656. The molecule has 0 saturated heterocycles. The normalized spacial score (nSPS) is 11.0. The Balaban J connectivity index is 0.00000200. The number of alkyl halides is 3. The van der Waals surface area contributed by atoms with Gasteiger partial charge in [-0.25, -0.2) is 0 Å². The Bertz CT molecular complexity index is 558. The summed E-state index contributed by atoms with van der Waals surface area (Å²) < 4.78 is 41.0. The van der Waals surface area contributed by atoms with Gasteiger partial charge >= 0.3 is 35.7 Å². The van der Waals surface area contributed by atoms with Crippen LogP contribution < -0.4 is 34.8 Å². The Morgan fingerprint density at radius 3 is 2.15 bits per heavy atom. The van der Waals surface area contributed by atoms with Gasteiger partial charge in [-0.15, -0.1) is 0 Å². The largest absolute Gasteiger partial charge is 1.00 e. The van der Waals surface area contributed by atoms with Crippen molar-refractivity contribution < 1.29 is 52.3 Å². The Morgan fingerprint density at radius 2 is 1.60 bits per heavy atom. The molecule has 0 bridgehead atoms. The summed E-state index contributed by atoms with van der Waals surface area (Å²) in [6, 6.07) is 11.6. The first kappa shape index (κ1) is 17.6. The smallest absolute Gasteiger partial charge is 0.710 e. The zero-order chi connectivity index (χ0) is 13.9. The van der Waals surface area contributed by atoms with E-state index in [1.807, 2.05) is 0 Å². The summed E-state index contributed by atoms with van der Waals surface area (Å²) in [7, 11) is 0. The number of hydrogen-bond donors (Lipinski definition) is 0. The molecule has 0 heterocycles. The van der Waals surface area contributed by atoms with Crippen molar-refractivity contribution in [1.29, 1.82) is 0 Å². The Labute approximate surface area is 140 Å². The number of rotatable bonds is 3. The second-order valence-electron chi connectivity index (χ2n) is 3.75. The van der Waals surface area contributed by atoms with Crippen molar-refractivity contribution in [2.24, 2.45) is 0 Å². The molecule has 0 fully saturated rings. The molecule has 2 aromatic rings. The molecule has 0 aliphatic rings. The molecular weight excluding hydrogens is 300 g/mol. The monoisotopic (exact) mass is 308 g/mol. The van der Waals surface area contributed by atoms with Crippen molar-refractivity contribution in [3.63, 3.8) is 0 Å². The molecule has 20 heavy (non-hydrogen) atoms. The Hall–Kier alpha value is -0.500. The van der Waals surface area contributed by atoms with E-state index in [9.17, 15) is 18.4 Å². The topological polar surface area (TPSA) is 32.3 Å². The van der Waals surface area contributed by atoms with Gasteiger partial charge in [0.05, 0.1) is 5.56 Å². The molecule has 0 radical (unpaired) electrons. The van der Waals surface area contributed by atoms with Crippen molar-refractivity contribution in [3.05, 3.63) is 54.1 Å². The molecule has 2 nitrogen and oxygen atoms in total.